The Balaban J connectivity index is 2.97. The quantitative estimate of drug-likeness (QED) is 0.748. The second-order valence-corrected chi connectivity index (χ2v) is 3.87. The van der Waals surface area contributed by atoms with Crippen LogP contribution < -0.4 is 5.32 Å². The highest BCUT2D eigenvalue weighted by Gasteiger charge is 2.14. The molecule has 0 aliphatic carbocycles. The molecule has 72 valence electrons. The molecule has 0 bridgehead atoms. The average Bonchev–Trinajstić information content (AvgIpc) is 2.09. The van der Waals surface area contributed by atoms with E-state index >= 15 is 0 Å². The second kappa shape index (κ2) is 4.43. The number of benzene rings is 1. The molecule has 0 aliphatic rings. The van der Waals surface area contributed by atoms with Crippen LogP contribution in [0.3, 0.4) is 0 Å². The zero-order valence-corrected chi connectivity index (χ0v) is 8.96. The van der Waals surface area contributed by atoms with Crippen molar-refractivity contribution in [2.45, 2.75) is 26.8 Å². The van der Waals surface area contributed by atoms with E-state index in [1.807, 2.05) is 7.05 Å². The molecule has 0 fully saturated rings. The lowest BCUT2D eigenvalue weighted by molar-refractivity contribution is 0.441. The molecular weight excluding hydrogens is 158 g/mol. The van der Waals surface area contributed by atoms with Crippen LogP contribution in [0.2, 0.25) is 0 Å². The van der Waals surface area contributed by atoms with Gasteiger partial charge in [0.1, 0.15) is 0 Å². The number of hydrogen-bond acceptors (Lipinski definition) is 1. The summed E-state index contributed by atoms with van der Waals surface area (Å²) in [6, 6.07) is 9.04. The van der Waals surface area contributed by atoms with Crippen LogP contribution in [0.5, 0.6) is 0 Å². The van der Waals surface area contributed by atoms with Gasteiger partial charge in [-0.2, -0.15) is 0 Å². The van der Waals surface area contributed by atoms with Gasteiger partial charge >= 0.3 is 0 Å². The lowest BCUT2D eigenvalue weighted by atomic mass is 9.93. The van der Waals surface area contributed by atoms with Gasteiger partial charge in [-0.3, -0.25) is 0 Å². The van der Waals surface area contributed by atoms with Crippen molar-refractivity contribution in [3.8, 4) is 0 Å². The van der Waals surface area contributed by atoms with Crippen molar-refractivity contribution in [3.05, 3.63) is 35.4 Å². The Morgan fingerprint density at radius 3 is 2.23 bits per heavy atom. The summed E-state index contributed by atoms with van der Waals surface area (Å²) < 4.78 is 0. The highest BCUT2D eigenvalue weighted by Crippen LogP contribution is 2.23. The van der Waals surface area contributed by atoms with Crippen molar-refractivity contribution in [2.75, 3.05) is 7.05 Å². The maximum absolute atomic E-state index is 3.36. The first kappa shape index (κ1) is 10.3. The van der Waals surface area contributed by atoms with Crippen LogP contribution in [0.15, 0.2) is 24.3 Å². The molecule has 0 amide bonds. The summed E-state index contributed by atoms with van der Waals surface area (Å²) in [6.45, 7) is 6.66. The second-order valence-electron chi connectivity index (χ2n) is 3.87. The molecule has 1 aromatic rings. The number of hydrogen-bond donors (Lipinski definition) is 1. The van der Waals surface area contributed by atoms with Gasteiger partial charge in [0.25, 0.3) is 0 Å². The van der Waals surface area contributed by atoms with Crippen LogP contribution in [0.1, 0.15) is 31.0 Å². The Kier molecular flexibility index (Phi) is 3.49. The molecule has 13 heavy (non-hydrogen) atoms. The maximum atomic E-state index is 3.36. The number of nitrogens with one attached hydrogen (secondary N) is 1. The normalized spacial score (nSPS) is 13.3. The fourth-order valence-electron chi connectivity index (χ4n) is 1.78. The van der Waals surface area contributed by atoms with Crippen molar-refractivity contribution in [1.29, 1.82) is 0 Å². The maximum Gasteiger partial charge on any atom is 0.0343 e. The predicted molar refractivity (Wildman–Crippen MR) is 57.8 cm³/mol. The van der Waals surface area contributed by atoms with E-state index in [4.69, 9.17) is 0 Å². The molecule has 1 aromatic carbocycles. The van der Waals surface area contributed by atoms with Crippen molar-refractivity contribution < 1.29 is 0 Å². The molecule has 1 N–H and O–H groups in total. The average molecular weight is 177 g/mol. The molecule has 0 aliphatic heterocycles. The Bertz CT molecular complexity index is 266. The molecule has 1 atom stereocenters. The van der Waals surface area contributed by atoms with Crippen LogP contribution in [0.25, 0.3) is 0 Å². The van der Waals surface area contributed by atoms with Crippen molar-refractivity contribution in [3.63, 3.8) is 0 Å². The van der Waals surface area contributed by atoms with Gasteiger partial charge in [0.05, 0.1) is 0 Å². The van der Waals surface area contributed by atoms with E-state index in [1.54, 1.807) is 0 Å². The monoisotopic (exact) mass is 177 g/mol. The van der Waals surface area contributed by atoms with E-state index in [0.717, 1.165) is 0 Å². The van der Waals surface area contributed by atoms with E-state index in [0.29, 0.717) is 12.0 Å². The van der Waals surface area contributed by atoms with E-state index in [-0.39, 0.29) is 0 Å². The number of rotatable bonds is 3. The highest BCUT2D eigenvalue weighted by atomic mass is 14.9. The minimum atomic E-state index is 0.473. The SMILES string of the molecule is CNC(c1ccccc1C)C(C)C. The molecule has 1 heteroatoms. The smallest absolute Gasteiger partial charge is 0.0343 e. The zero-order chi connectivity index (χ0) is 9.84. The molecule has 1 unspecified atom stereocenters. The summed E-state index contributed by atoms with van der Waals surface area (Å²) in [7, 11) is 2.02. The minimum absolute atomic E-state index is 0.473. The third kappa shape index (κ3) is 2.31. The molecule has 0 radical (unpaired) electrons. The fourth-order valence-corrected chi connectivity index (χ4v) is 1.78. The van der Waals surface area contributed by atoms with E-state index in [1.165, 1.54) is 11.1 Å². The predicted octanol–water partition coefficient (Wildman–Crippen LogP) is 2.91. The van der Waals surface area contributed by atoms with Gasteiger partial charge in [0, 0.05) is 6.04 Å². The lowest BCUT2D eigenvalue weighted by Crippen LogP contribution is -2.22. The van der Waals surface area contributed by atoms with E-state index < -0.39 is 0 Å². The first-order chi connectivity index (χ1) is 6.16. The van der Waals surface area contributed by atoms with E-state index in [2.05, 4.69) is 50.4 Å². The lowest BCUT2D eigenvalue weighted by Gasteiger charge is -2.22. The van der Waals surface area contributed by atoms with Crippen LogP contribution in [0.4, 0.5) is 0 Å². The van der Waals surface area contributed by atoms with Crippen LogP contribution in [0, 0.1) is 12.8 Å². The largest absolute Gasteiger partial charge is 0.313 e. The molecule has 0 heterocycles. The van der Waals surface area contributed by atoms with Crippen LogP contribution >= 0.6 is 0 Å². The summed E-state index contributed by atoms with van der Waals surface area (Å²) >= 11 is 0. The minimum Gasteiger partial charge on any atom is -0.313 e. The molecule has 1 nitrogen and oxygen atoms in total. The molecule has 0 saturated heterocycles. The molecular formula is C12H19N. The summed E-state index contributed by atoms with van der Waals surface area (Å²) in [5.74, 6) is 0.631. The molecule has 0 aromatic heterocycles. The van der Waals surface area contributed by atoms with Gasteiger partial charge in [0.2, 0.25) is 0 Å². The summed E-state index contributed by atoms with van der Waals surface area (Å²) in [4.78, 5) is 0. The zero-order valence-electron chi connectivity index (χ0n) is 8.96. The summed E-state index contributed by atoms with van der Waals surface area (Å²) in [5, 5.41) is 3.36. The first-order valence-corrected chi connectivity index (χ1v) is 4.89. The molecule has 0 spiro atoms. The third-order valence-corrected chi connectivity index (χ3v) is 2.50. The van der Waals surface area contributed by atoms with Crippen LogP contribution in [-0.2, 0) is 0 Å². The Hall–Kier alpha value is -0.820. The summed E-state index contributed by atoms with van der Waals surface area (Å²) in [6.07, 6.45) is 0. The van der Waals surface area contributed by atoms with E-state index in [9.17, 15) is 0 Å². The fraction of sp³-hybridized carbons (Fsp3) is 0.500. The highest BCUT2D eigenvalue weighted by molar-refractivity contribution is 5.28. The first-order valence-electron chi connectivity index (χ1n) is 4.89. The van der Waals surface area contributed by atoms with Gasteiger partial charge in [-0.25, -0.2) is 0 Å². The molecule has 0 saturated carbocycles. The Morgan fingerprint density at radius 2 is 1.77 bits per heavy atom. The van der Waals surface area contributed by atoms with Gasteiger partial charge < -0.3 is 5.32 Å². The van der Waals surface area contributed by atoms with Gasteiger partial charge in [-0.05, 0) is 31.0 Å². The topological polar surface area (TPSA) is 12.0 Å². The third-order valence-electron chi connectivity index (χ3n) is 2.50. The van der Waals surface area contributed by atoms with Gasteiger partial charge in [0.15, 0.2) is 0 Å². The Labute approximate surface area is 81.2 Å². The van der Waals surface area contributed by atoms with Gasteiger partial charge in [-0.15, -0.1) is 0 Å². The van der Waals surface area contributed by atoms with Crippen molar-refractivity contribution >= 4 is 0 Å². The summed E-state index contributed by atoms with van der Waals surface area (Å²) in [5.41, 5.74) is 2.79. The Morgan fingerprint density at radius 1 is 1.15 bits per heavy atom. The van der Waals surface area contributed by atoms with Crippen molar-refractivity contribution in [1.82, 2.24) is 5.32 Å². The van der Waals surface area contributed by atoms with Crippen molar-refractivity contribution in [2.24, 2.45) is 5.92 Å². The van der Waals surface area contributed by atoms with Crippen LogP contribution in [-0.4, -0.2) is 7.05 Å². The van der Waals surface area contributed by atoms with Gasteiger partial charge in [-0.1, -0.05) is 38.1 Å². The molecule has 1 rings (SSSR count). The number of aryl methyl sites for hydroxylation is 1. The standard InChI is InChI=1S/C12H19N/c1-9(2)12(13-4)11-8-6-5-7-10(11)3/h5-9,12-13H,1-4H3.